The number of hydrogen-bond acceptors (Lipinski definition) is 4. The highest BCUT2D eigenvalue weighted by Gasteiger charge is 2.17. The van der Waals surface area contributed by atoms with Gasteiger partial charge in [0.25, 0.3) is 0 Å². The lowest BCUT2D eigenvalue weighted by Crippen LogP contribution is -3.00. The third kappa shape index (κ3) is 2.64. The maximum Gasteiger partial charge on any atom is 0.381 e. The summed E-state index contributed by atoms with van der Waals surface area (Å²) in [6.07, 6.45) is 0. The first-order chi connectivity index (χ1) is 9.58. The van der Waals surface area contributed by atoms with Crippen LogP contribution in [0.3, 0.4) is 0 Å². The van der Waals surface area contributed by atoms with E-state index in [9.17, 15) is 0 Å². The highest BCUT2D eigenvalue weighted by Crippen LogP contribution is 2.30. The minimum Gasteiger partial charge on any atom is -1.00 e. The van der Waals surface area contributed by atoms with E-state index in [0.29, 0.717) is 17.0 Å². The number of nitrogens with zero attached hydrogens (tertiary/aromatic N) is 2. The molecule has 0 saturated heterocycles. The molecule has 0 aliphatic carbocycles. The summed E-state index contributed by atoms with van der Waals surface area (Å²) in [5, 5.41) is 0. The molecule has 1 aromatic heterocycles. The Kier molecular flexibility index (Phi) is 4.04. The van der Waals surface area contributed by atoms with Gasteiger partial charge in [-0.25, -0.2) is 9.40 Å². The van der Waals surface area contributed by atoms with Crippen LogP contribution >= 0.6 is 0 Å². The summed E-state index contributed by atoms with van der Waals surface area (Å²) in [4.78, 5) is 6.60. The van der Waals surface area contributed by atoms with Crippen molar-refractivity contribution in [2.45, 2.75) is 0 Å². The topological polar surface area (TPSA) is 62.7 Å². The third-order valence-electron chi connectivity index (χ3n) is 3.23. The molecule has 110 valence electrons. The Balaban J connectivity index is 0.00000161. The molecule has 0 spiro atoms. The second-order valence-electron chi connectivity index (χ2n) is 4.82. The summed E-state index contributed by atoms with van der Waals surface area (Å²) >= 11 is 0. The summed E-state index contributed by atoms with van der Waals surface area (Å²) in [6.45, 7) is 0. The molecule has 0 atom stereocenters. The van der Waals surface area contributed by atoms with E-state index in [1.165, 1.54) is 0 Å². The monoisotopic (exact) mass is 305 g/mol. The molecule has 3 rings (SSSR count). The van der Waals surface area contributed by atoms with Gasteiger partial charge in [0.1, 0.15) is 5.75 Å². The van der Waals surface area contributed by atoms with Gasteiger partial charge in [0.05, 0.1) is 24.9 Å². The Hall–Kier alpha value is -2.27. The number of anilines is 2. The quantitative estimate of drug-likeness (QED) is 0.408. The van der Waals surface area contributed by atoms with Crippen LogP contribution in [0.15, 0.2) is 34.7 Å². The van der Waals surface area contributed by atoms with Crippen LogP contribution in [0.25, 0.3) is 22.2 Å². The highest BCUT2D eigenvalue weighted by atomic mass is 35.5. The van der Waals surface area contributed by atoms with Crippen molar-refractivity contribution in [2.75, 3.05) is 31.8 Å². The van der Waals surface area contributed by atoms with Crippen LogP contribution in [0.4, 0.5) is 11.4 Å². The molecular weight excluding hydrogens is 290 g/mol. The second-order valence-corrected chi connectivity index (χ2v) is 4.82. The lowest BCUT2D eigenvalue weighted by molar-refractivity contribution is -0.00000491. The Bertz CT molecular complexity index is 806. The lowest BCUT2D eigenvalue weighted by Gasteiger charge is -2.10. The van der Waals surface area contributed by atoms with Crippen molar-refractivity contribution in [1.82, 2.24) is 4.98 Å². The number of rotatable bonds is 2. The molecule has 3 aromatic rings. The van der Waals surface area contributed by atoms with Gasteiger partial charge in [-0.3, -0.25) is 0 Å². The van der Waals surface area contributed by atoms with E-state index < -0.39 is 0 Å². The molecule has 2 aromatic carbocycles. The summed E-state index contributed by atoms with van der Waals surface area (Å²) in [5.41, 5.74) is 10.4. The minimum absolute atomic E-state index is 0. The van der Waals surface area contributed by atoms with E-state index in [-0.39, 0.29) is 12.4 Å². The van der Waals surface area contributed by atoms with E-state index in [1.54, 1.807) is 19.2 Å². The van der Waals surface area contributed by atoms with Crippen molar-refractivity contribution in [3.63, 3.8) is 0 Å². The van der Waals surface area contributed by atoms with Gasteiger partial charge < -0.3 is 27.8 Å². The molecule has 0 bridgehead atoms. The van der Waals surface area contributed by atoms with Gasteiger partial charge in [-0.1, -0.05) is 0 Å². The van der Waals surface area contributed by atoms with Crippen molar-refractivity contribution in [2.24, 2.45) is 0 Å². The van der Waals surface area contributed by atoms with Crippen molar-refractivity contribution < 1.29 is 21.6 Å². The number of nitrogens with two attached hydrogens (primary N) is 1. The molecule has 1 heterocycles. The van der Waals surface area contributed by atoms with E-state index in [2.05, 4.69) is 4.98 Å². The lowest BCUT2D eigenvalue weighted by atomic mass is 10.2. The fourth-order valence-electron chi connectivity index (χ4n) is 2.11. The number of hydrogen-bond donors (Lipinski definition) is 1. The van der Waals surface area contributed by atoms with Crippen LogP contribution < -0.4 is 27.8 Å². The molecular formula is C15H16ClN3O2. The molecule has 0 aliphatic rings. The zero-order chi connectivity index (χ0) is 14.3. The molecule has 5 nitrogen and oxygen atoms in total. The van der Waals surface area contributed by atoms with Gasteiger partial charge in [-0.2, -0.15) is 0 Å². The summed E-state index contributed by atoms with van der Waals surface area (Å²) in [6, 6.07) is 9.43. The number of aromatic nitrogens is 1. The van der Waals surface area contributed by atoms with Gasteiger partial charge in [0.2, 0.25) is 0 Å². The molecule has 0 aliphatic heterocycles. The summed E-state index contributed by atoms with van der Waals surface area (Å²) in [5.74, 6) is 0.601. The predicted octanol–water partition coefficient (Wildman–Crippen LogP) is -0.0771. The average Bonchev–Trinajstić information content (AvgIpc) is 2.43. The highest BCUT2D eigenvalue weighted by molar-refractivity contribution is 5.87. The number of benzene rings is 2. The first-order valence-electron chi connectivity index (χ1n) is 6.27. The number of ether oxygens (including phenoxy) is 1. The van der Waals surface area contributed by atoms with Crippen LogP contribution in [0, 0.1) is 0 Å². The molecule has 6 heteroatoms. The van der Waals surface area contributed by atoms with Gasteiger partial charge in [0, 0.05) is 25.8 Å². The van der Waals surface area contributed by atoms with Crippen molar-refractivity contribution >= 4 is 33.6 Å². The van der Waals surface area contributed by atoms with E-state index in [4.69, 9.17) is 14.9 Å². The van der Waals surface area contributed by atoms with E-state index in [0.717, 1.165) is 22.3 Å². The Morgan fingerprint density at radius 1 is 1.10 bits per heavy atom. The number of halogens is 1. The largest absolute Gasteiger partial charge is 1.00 e. The number of methoxy groups -OCH3 is 1. The Morgan fingerprint density at radius 2 is 1.81 bits per heavy atom. The standard InChI is InChI=1S/C15H16N3O2.ClH/c1-18(2)9-4-5-11-14(6-9)20-15-7-10(16)13(19-3)8-12(15)17-11;/h4-8H,16H2,1-3H3;1H/q+1;/p-1. The summed E-state index contributed by atoms with van der Waals surface area (Å²) < 4.78 is 11.1. The first kappa shape index (κ1) is 15.1. The van der Waals surface area contributed by atoms with Crippen LogP contribution in [0.1, 0.15) is 0 Å². The van der Waals surface area contributed by atoms with Gasteiger partial charge in [-0.05, 0) is 12.1 Å². The third-order valence-corrected chi connectivity index (χ3v) is 3.23. The zero-order valence-electron chi connectivity index (χ0n) is 12.1. The fourth-order valence-corrected chi connectivity index (χ4v) is 2.11. The molecule has 21 heavy (non-hydrogen) atoms. The molecule has 0 amide bonds. The zero-order valence-corrected chi connectivity index (χ0v) is 12.8. The van der Waals surface area contributed by atoms with E-state index >= 15 is 0 Å². The average molecular weight is 306 g/mol. The minimum atomic E-state index is 0. The first-order valence-corrected chi connectivity index (χ1v) is 6.27. The molecule has 0 unspecified atom stereocenters. The van der Waals surface area contributed by atoms with Gasteiger partial charge >= 0.3 is 11.2 Å². The van der Waals surface area contributed by atoms with Crippen LogP contribution in [0.5, 0.6) is 5.75 Å². The molecule has 2 N–H and O–H groups in total. The van der Waals surface area contributed by atoms with Crippen molar-refractivity contribution in [3.05, 3.63) is 30.3 Å². The second kappa shape index (κ2) is 5.61. The van der Waals surface area contributed by atoms with Gasteiger partial charge in [-0.15, -0.1) is 0 Å². The predicted molar refractivity (Wildman–Crippen MR) is 81.2 cm³/mol. The molecule has 0 saturated carbocycles. The summed E-state index contributed by atoms with van der Waals surface area (Å²) in [7, 11) is 5.55. The van der Waals surface area contributed by atoms with Crippen LogP contribution in [-0.2, 0) is 0 Å². The van der Waals surface area contributed by atoms with E-state index in [1.807, 2.05) is 37.2 Å². The molecule has 0 radical (unpaired) electrons. The number of fused-ring (bicyclic) bond motifs is 2. The maximum atomic E-state index is 5.90. The maximum absolute atomic E-state index is 5.90. The Morgan fingerprint density at radius 3 is 2.48 bits per heavy atom. The normalized spacial score (nSPS) is 10.4. The van der Waals surface area contributed by atoms with Crippen LogP contribution in [0.2, 0.25) is 0 Å². The van der Waals surface area contributed by atoms with Gasteiger partial charge in [0.15, 0.2) is 11.0 Å². The smallest absolute Gasteiger partial charge is 0.381 e. The Labute approximate surface area is 128 Å². The fraction of sp³-hybridized carbons (Fsp3) is 0.200. The van der Waals surface area contributed by atoms with Crippen molar-refractivity contribution in [3.8, 4) is 5.75 Å². The number of nitrogen functional groups attached to an aromatic ring is 1. The molecule has 0 fully saturated rings. The van der Waals surface area contributed by atoms with Crippen molar-refractivity contribution in [1.29, 1.82) is 0 Å². The SMILES string of the molecule is COc1cc2nc3ccc(N(C)C)cc3[o+]c2cc1N.[Cl-]. The van der Waals surface area contributed by atoms with Crippen LogP contribution in [-0.4, -0.2) is 26.2 Å².